The normalized spacial score (nSPS) is 11.1. The van der Waals surface area contributed by atoms with Crippen LogP contribution in [0.2, 0.25) is 0 Å². The smallest absolute Gasteiger partial charge is 0.229 e. The number of rotatable bonds is 6. The first-order valence-electron chi connectivity index (χ1n) is 6.43. The summed E-state index contributed by atoms with van der Waals surface area (Å²) < 4.78 is 31.7. The number of carbonyl (C=O) groups is 1. The van der Waals surface area contributed by atoms with E-state index < -0.39 is 10.0 Å². The highest BCUT2D eigenvalue weighted by Gasteiger charge is 2.09. The highest BCUT2D eigenvalue weighted by molar-refractivity contribution is 9.11. The van der Waals surface area contributed by atoms with Gasteiger partial charge in [0.15, 0.2) is 12.4 Å². The van der Waals surface area contributed by atoms with Crippen molar-refractivity contribution in [1.82, 2.24) is 0 Å². The largest absolute Gasteiger partial charge is 0.484 e. The van der Waals surface area contributed by atoms with Crippen LogP contribution in [-0.2, 0) is 10.0 Å². The number of Topliss-reactive ketones (excluding diaryl/α,β-unsaturated/α-hetero) is 1. The third kappa shape index (κ3) is 5.63. The molecule has 0 saturated carbocycles. The lowest BCUT2D eigenvalue weighted by Crippen LogP contribution is -2.12. The summed E-state index contributed by atoms with van der Waals surface area (Å²) in [5.41, 5.74) is 0.845. The number of ether oxygens (including phenoxy) is 1. The molecule has 0 spiro atoms. The van der Waals surface area contributed by atoms with Gasteiger partial charge in [0.05, 0.1) is 10.7 Å². The summed E-state index contributed by atoms with van der Waals surface area (Å²) in [5, 5.41) is 0. The molecule has 2 aromatic rings. The van der Waals surface area contributed by atoms with Crippen molar-refractivity contribution in [2.24, 2.45) is 0 Å². The van der Waals surface area contributed by atoms with E-state index in [-0.39, 0.29) is 12.4 Å². The van der Waals surface area contributed by atoms with Gasteiger partial charge in [0.25, 0.3) is 0 Å². The molecule has 2 rings (SSSR count). The molecular weight excluding hydrogens is 450 g/mol. The molecule has 0 radical (unpaired) electrons. The van der Waals surface area contributed by atoms with Gasteiger partial charge in [-0.05, 0) is 58.4 Å². The summed E-state index contributed by atoms with van der Waals surface area (Å²) in [6.45, 7) is -0.112. The Labute approximate surface area is 151 Å². The minimum atomic E-state index is -3.33. The first-order chi connectivity index (χ1) is 10.7. The predicted molar refractivity (Wildman–Crippen MR) is 96.6 cm³/mol. The minimum Gasteiger partial charge on any atom is -0.484 e. The molecule has 0 amide bonds. The van der Waals surface area contributed by atoms with Crippen LogP contribution in [0.1, 0.15) is 10.4 Å². The number of ketones is 1. The molecule has 0 bridgehead atoms. The fourth-order valence-corrected chi connectivity index (χ4v) is 3.48. The zero-order valence-corrected chi connectivity index (χ0v) is 16.0. The van der Waals surface area contributed by atoms with Gasteiger partial charge in [0.2, 0.25) is 10.0 Å². The highest BCUT2D eigenvalue weighted by atomic mass is 79.9. The van der Waals surface area contributed by atoms with E-state index in [1.54, 1.807) is 18.2 Å². The van der Waals surface area contributed by atoms with E-state index in [9.17, 15) is 13.2 Å². The molecule has 0 aliphatic heterocycles. The van der Waals surface area contributed by atoms with Gasteiger partial charge in [0, 0.05) is 15.7 Å². The lowest BCUT2D eigenvalue weighted by Gasteiger charge is -2.08. The molecular formula is C15H13Br2NO4S. The van der Waals surface area contributed by atoms with Crippen molar-refractivity contribution in [1.29, 1.82) is 0 Å². The Morgan fingerprint density at radius 3 is 2.35 bits per heavy atom. The summed E-state index contributed by atoms with van der Waals surface area (Å²) in [4.78, 5) is 12.1. The fraction of sp³-hybridized carbons (Fsp3) is 0.133. The van der Waals surface area contributed by atoms with Gasteiger partial charge in [-0.25, -0.2) is 8.42 Å². The van der Waals surface area contributed by atoms with Crippen LogP contribution in [0.4, 0.5) is 5.69 Å². The Morgan fingerprint density at radius 2 is 1.78 bits per heavy atom. The first-order valence-corrected chi connectivity index (χ1v) is 9.91. The van der Waals surface area contributed by atoms with E-state index in [4.69, 9.17) is 4.74 Å². The summed E-state index contributed by atoms with van der Waals surface area (Å²) in [6.07, 6.45) is 1.07. The second-order valence-corrected chi connectivity index (χ2v) is 8.26. The average Bonchev–Trinajstić information content (AvgIpc) is 2.45. The predicted octanol–water partition coefficient (Wildman–Crippen LogP) is 3.84. The Morgan fingerprint density at radius 1 is 1.13 bits per heavy atom. The van der Waals surface area contributed by atoms with Crippen LogP contribution in [0, 0.1) is 0 Å². The number of benzene rings is 2. The highest BCUT2D eigenvalue weighted by Crippen LogP contribution is 2.28. The zero-order valence-electron chi connectivity index (χ0n) is 12.0. The molecule has 0 aliphatic carbocycles. The summed E-state index contributed by atoms with van der Waals surface area (Å²) in [6, 6.07) is 11.6. The van der Waals surface area contributed by atoms with Gasteiger partial charge in [-0.3, -0.25) is 9.52 Å². The second kappa shape index (κ2) is 7.46. The maximum Gasteiger partial charge on any atom is 0.229 e. The average molecular weight is 463 g/mol. The minimum absolute atomic E-state index is 0.112. The van der Waals surface area contributed by atoms with Crippen molar-refractivity contribution < 1.29 is 17.9 Å². The molecule has 2 aromatic carbocycles. The number of hydrogen-bond acceptors (Lipinski definition) is 4. The van der Waals surface area contributed by atoms with Gasteiger partial charge in [-0.15, -0.1) is 0 Å². The van der Waals surface area contributed by atoms with Crippen molar-refractivity contribution in [3.05, 3.63) is 57.0 Å². The molecule has 0 fully saturated rings. The van der Waals surface area contributed by atoms with Crippen LogP contribution < -0.4 is 9.46 Å². The molecule has 5 nitrogen and oxygen atoms in total. The van der Waals surface area contributed by atoms with Crippen LogP contribution in [0.5, 0.6) is 5.75 Å². The van der Waals surface area contributed by atoms with E-state index in [1.165, 1.54) is 12.1 Å². The molecule has 0 aromatic heterocycles. The van der Waals surface area contributed by atoms with Crippen LogP contribution in [0.3, 0.4) is 0 Å². The van der Waals surface area contributed by atoms with E-state index in [1.807, 2.05) is 12.1 Å². The molecule has 0 heterocycles. The number of nitrogens with one attached hydrogen (secondary N) is 1. The lowest BCUT2D eigenvalue weighted by molar-refractivity contribution is 0.0921. The molecule has 8 heteroatoms. The van der Waals surface area contributed by atoms with Gasteiger partial charge in [-0.2, -0.15) is 0 Å². The standard InChI is InChI=1S/C15H13Br2NO4S/c1-23(20,21)18-12-5-2-10(3-6-12)14(19)9-22-15-7-4-11(16)8-13(15)17/h2-8,18H,9H2,1H3. The number of anilines is 1. The first kappa shape index (κ1) is 18.0. The van der Waals surface area contributed by atoms with Crippen molar-refractivity contribution in [2.45, 2.75) is 0 Å². The van der Waals surface area contributed by atoms with E-state index >= 15 is 0 Å². The summed E-state index contributed by atoms with van der Waals surface area (Å²) in [7, 11) is -3.33. The number of sulfonamides is 1. The van der Waals surface area contributed by atoms with E-state index in [2.05, 4.69) is 36.6 Å². The summed E-state index contributed by atoms with van der Waals surface area (Å²) >= 11 is 6.70. The van der Waals surface area contributed by atoms with Crippen LogP contribution in [0.15, 0.2) is 51.4 Å². The Hall–Kier alpha value is -1.38. The number of carbonyl (C=O) groups excluding carboxylic acids is 1. The van der Waals surface area contributed by atoms with Crippen LogP contribution >= 0.6 is 31.9 Å². The van der Waals surface area contributed by atoms with E-state index in [0.717, 1.165) is 15.2 Å². The quantitative estimate of drug-likeness (QED) is 0.662. The van der Waals surface area contributed by atoms with Crippen molar-refractivity contribution >= 4 is 53.4 Å². The number of hydrogen-bond donors (Lipinski definition) is 1. The van der Waals surface area contributed by atoms with Gasteiger partial charge < -0.3 is 4.74 Å². The lowest BCUT2D eigenvalue weighted by atomic mass is 10.1. The fourth-order valence-electron chi connectivity index (χ4n) is 1.76. The maximum atomic E-state index is 12.1. The Bertz CT molecular complexity index is 820. The van der Waals surface area contributed by atoms with Crippen molar-refractivity contribution in [3.63, 3.8) is 0 Å². The maximum absolute atomic E-state index is 12.1. The van der Waals surface area contributed by atoms with Gasteiger partial charge in [-0.1, -0.05) is 15.9 Å². The molecule has 0 unspecified atom stereocenters. The van der Waals surface area contributed by atoms with Crippen LogP contribution in [-0.4, -0.2) is 27.1 Å². The monoisotopic (exact) mass is 461 g/mol. The molecule has 122 valence electrons. The van der Waals surface area contributed by atoms with E-state index in [0.29, 0.717) is 17.0 Å². The van der Waals surface area contributed by atoms with Crippen molar-refractivity contribution in [2.75, 3.05) is 17.6 Å². The molecule has 23 heavy (non-hydrogen) atoms. The summed E-state index contributed by atoms with van der Waals surface area (Å²) in [5.74, 6) is 0.364. The number of halogens is 2. The van der Waals surface area contributed by atoms with Gasteiger partial charge in [0.1, 0.15) is 5.75 Å². The second-order valence-electron chi connectivity index (χ2n) is 4.74. The molecule has 1 N–H and O–H groups in total. The Kier molecular flexibility index (Phi) is 5.83. The Balaban J connectivity index is 2.00. The van der Waals surface area contributed by atoms with Crippen molar-refractivity contribution in [3.8, 4) is 5.75 Å². The molecule has 0 saturated heterocycles. The zero-order chi connectivity index (χ0) is 17.0. The topological polar surface area (TPSA) is 72.5 Å². The third-order valence-electron chi connectivity index (χ3n) is 2.76. The SMILES string of the molecule is CS(=O)(=O)Nc1ccc(C(=O)COc2ccc(Br)cc2Br)cc1. The molecule has 0 aliphatic rings. The third-order valence-corrected chi connectivity index (χ3v) is 4.48. The van der Waals surface area contributed by atoms with Gasteiger partial charge >= 0.3 is 0 Å². The van der Waals surface area contributed by atoms with Crippen LogP contribution in [0.25, 0.3) is 0 Å². The molecule has 0 atom stereocenters.